The molecule has 0 aromatic carbocycles. The van der Waals surface area contributed by atoms with Gasteiger partial charge in [0.05, 0.1) is 13.2 Å². The molecule has 0 aromatic heterocycles. The fourth-order valence-corrected chi connectivity index (χ4v) is 1.79. The number of rotatable bonds is 6. The van der Waals surface area contributed by atoms with Gasteiger partial charge in [-0.2, -0.15) is 0 Å². The lowest BCUT2D eigenvalue weighted by molar-refractivity contribution is -0.135. The molecule has 1 aliphatic heterocycles. The summed E-state index contributed by atoms with van der Waals surface area (Å²) in [4.78, 5) is 13.3. The Bertz CT molecular complexity index is 205. The molecule has 0 saturated carbocycles. The topological polar surface area (TPSA) is 64.8 Å². The standard InChI is InChI=1S/C11H22N2O3/c1-13(11(14)9-16-6-4-12)7-10-3-2-5-15-8-10/h10H,2-9,12H2,1H3. The van der Waals surface area contributed by atoms with Crippen LogP contribution < -0.4 is 5.73 Å². The number of carbonyl (C=O) groups is 1. The zero-order valence-corrected chi connectivity index (χ0v) is 9.98. The van der Waals surface area contributed by atoms with Gasteiger partial charge in [0.1, 0.15) is 6.61 Å². The molecule has 1 fully saturated rings. The van der Waals surface area contributed by atoms with E-state index in [1.807, 2.05) is 7.05 Å². The van der Waals surface area contributed by atoms with Crippen LogP contribution in [-0.2, 0) is 14.3 Å². The van der Waals surface area contributed by atoms with Crippen molar-refractivity contribution in [2.75, 3.05) is 46.6 Å². The summed E-state index contributed by atoms with van der Waals surface area (Å²) in [7, 11) is 1.81. The lowest BCUT2D eigenvalue weighted by atomic mass is 10.0. The Morgan fingerprint density at radius 2 is 2.44 bits per heavy atom. The van der Waals surface area contributed by atoms with Crippen molar-refractivity contribution in [3.05, 3.63) is 0 Å². The number of amides is 1. The lowest BCUT2D eigenvalue weighted by Gasteiger charge is -2.27. The number of hydrogen-bond donors (Lipinski definition) is 1. The van der Waals surface area contributed by atoms with E-state index in [4.69, 9.17) is 15.2 Å². The van der Waals surface area contributed by atoms with Gasteiger partial charge in [0.2, 0.25) is 5.91 Å². The van der Waals surface area contributed by atoms with E-state index in [0.29, 0.717) is 19.1 Å². The fourth-order valence-electron chi connectivity index (χ4n) is 1.79. The fraction of sp³-hybridized carbons (Fsp3) is 0.909. The molecule has 1 aliphatic rings. The molecule has 0 spiro atoms. The van der Waals surface area contributed by atoms with E-state index in [-0.39, 0.29) is 12.5 Å². The van der Waals surface area contributed by atoms with Crippen LogP contribution in [0.25, 0.3) is 0 Å². The van der Waals surface area contributed by atoms with Crippen LogP contribution in [0.1, 0.15) is 12.8 Å². The molecule has 5 heteroatoms. The third kappa shape index (κ3) is 4.92. The number of carbonyl (C=O) groups excluding carboxylic acids is 1. The van der Waals surface area contributed by atoms with Crippen molar-refractivity contribution in [3.8, 4) is 0 Å². The zero-order valence-electron chi connectivity index (χ0n) is 9.98. The molecule has 1 rings (SSSR count). The van der Waals surface area contributed by atoms with E-state index in [0.717, 1.165) is 32.6 Å². The minimum Gasteiger partial charge on any atom is -0.381 e. The predicted molar refractivity (Wildman–Crippen MR) is 61.1 cm³/mol. The van der Waals surface area contributed by atoms with Crippen LogP contribution in [0.3, 0.4) is 0 Å². The van der Waals surface area contributed by atoms with Gasteiger partial charge in [-0.3, -0.25) is 4.79 Å². The van der Waals surface area contributed by atoms with E-state index < -0.39 is 0 Å². The average molecular weight is 230 g/mol. The van der Waals surface area contributed by atoms with E-state index in [2.05, 4.69) is 0 Å². The van der Waals surface area contributed by atoms with E-state index >= 15 is 0 Å². The summed E-state index contributed by atoms with van der Waals surface area (Å²) in [5.41, 5.74) is 5.27. The number of nitrogens with zero attached hydrogens (tertiary/aromatic N) is 1. The zero-order chi connectivity index (χ0) is 11.8. The molecular weight excluding hydrogens is 208 g/mol. The summed E-state index contributed by atoms with van der Waals surface area (Å²) in [6.45, 7) is 3.39. The molecule has 1 amide bonds. The minimum atomic E-state index is 0.0130. The highest BCUT2D eigenvalue weighted by Crippen LogP contribution is 2.14. The smallest absolute Gasteiger partial charge is 0.248 e. The van der Waals surface area contributed by atoms with Gasteiger partial charge >= 0.3 is 0 Å². The largest absolute Gasteiger partial charge is 0.381 e. The molecule has 0 bridgehead atoms. The molecule has 16 heavy (non-hydrogen) atoms. The highest BCUT2D eigenvalue weighted by Gasteiger charge is 2.18. The van der Waals surface area contributed by atoms with Crippen molar-refractivity contribution in [1.29, 1.82) is 0 Å². The maximum absolute atomic E-state index is 11.6. The quantitative estimate of drug-likeness (QED) is 0.644. The Morgan fingerprint density at radius 1 is 1.62 bits per heavy atom. The molecule has 1 atom stereocenters. The molecular formula is C11H22N2O3. The number of hydrogen-bond acceptors (Lipinski definition) is 4. The lowest BCUT2D eigenvalue weighted by Crippen LogP contribution is -2.37. The SMILES string of the molecule is CN(CC1CCCOC1)C(=O)COCCN. The first kappa shape index (κ1) is 13.4. The Kier molecular flexibility index (Phi) is 6.37. The van der Waals surface area contributed by atoms with Crippen LogP contribution in [0.2, 0.25) is 0 Å². The van der Waals surface area contributed by atoms with E-state index in [1.165, 1.54) is 0 Å². The van der Waals surface area contributed by atoms with Crippen LogP contribution in [-0.4, -0.2) is 57.4 Å². The first-order chi connectivity index (χ1) is 7.74. The Morgan fingerprint density at radius 3 is 3.06 bits per heavy atom. The van der Waals surface area contributed by atoms with E-state index in [9.17, 15) is 4.79 Å². The van der Waals surface area contributed by atoms with Crippen LogP contribution in [0.15, 0.2) is 0 Å². The third-order valence-electron chi connectivity index (χ3n) is 2.70. The molecule has 0 aliphatic carbocycles. The van der Waals surface area contributed by atoms with Gasteiger partial charge in [0.15, 0.2) is 0 Å². The second kappa shape index (κ2) is 7.60. The normalized spacial score (nSPS) is 20.8. The number of nitrogens with two attached hydrogens (primary N) is 1. The summed E-state index contributed by atoms with van der Waals surface area (Å²) in [5, 5.41) is 0. The summed E-state index contributed by atoms with van der Waals surface area (Å²) in [5.74, 6) is 0.483. The molecule has 1 heterocycles. The van der Waals surface area contributed by atoms with Crippen LogP contribution in [0.5, 0.6) is 0 Å². The minimum absolute atomic E-state index is 0.0130. The Balaban J connectivity index is 2.16. The highest BCUT2D eigenvalue weighted by molar-refractivity contribution is 5.77. The number of likely N-dealkylation sites (N-methyl/N-ethyl adjacent to an activating group) is 1. The Hall–Kier alpha value is -0.650. The van der Waals surface area contributed by atoms with Gasteiger partial charge < -0.3 is 20.1 Å². The van der Waals surface area contributed by atoms with Crippen molar-refractivity contribution in [2.24, 2.45) is 11.7 Å². The molecule has 2 N–H and O–H groups in total. The molecule has 5 nitrogen and oxygen atoms in total. The highest BCUT2D eigenvalue weighted by atomic mass is 16.5. The second-order valence-corrected chi connectivity index (χ2v) is 4.20. The van der Waals surface area contributed by atoms with Gasteiger partial charge in [-0.1, -0.05) is 0 Å². The maximum Gasteiger partial charge on any atom is 0.248 e. The van der Waals surface area contributed by atoms with Crippen molar-refractivity contribution >= 4 is 5.91 Å². The van der Waals surface area contributed by atoms with Crippen molar-refractivity contribution < 1.29 is 14.3 Å². The van der Waals surface area contributed by atoms with Gasteiger partial charge in [0, 0.05) is 26.7 Å². The molecule has 94 valence electrons. The van der Waals surface area contributed by atoms with E-state index in [1.54, 1.807) is 4.90 Å². The Labute approximate surface area is 96.9 Å². The summed E-state index contributed by atoms with van der Waals surface area (Å²) in [6.07, 6.45) is 2.23. The van der Waals surface area contributed by atoms with Gasteiger partial charge in [-0.25, -0.2) is 0 Å². The van der Waals surface area contributed by atoms with Crippen LogP contribution >= 0.6 is 0 Å². The molecule has 0 aromatic rings. The van der Waals surface area contributed by atoms with Gasteiger partial charge in [-0.05, 0) is 18.8 Å². The van der Waals surface area contributed by atoms with Crippen molar-refractivity contribution in [3.63, 3.8) is 0 Å². The van der Waals surface area contributed by atoms with Crippen molar-refractivity contribution in [1.82, 2.24) is 4.90 Å². The first-order valence-corrected chi connectivity index (χ1v) is 5.83. The second-order valence-electron chi connectivity index (χ2n) is 4.20. The van der Waals surface area contributed by atoms with Crippen molar-refractivity contribution in [2.45, 2.75) is 12.8 Å². The molecule has 1 saturated heterocycles. The summed E-state index contributed by atoms with van der Waals surface area (Å²) < 4.78 is 10.5. The van der Waals surface area contributed by atoms with Gasteiger partial charge in [0.25, 0.3) is 0 Å². The van der Waals surface area contributed by atoms with Crippen LogP contribution in [0, 0.1) is 5.92 Å². The van der Waals surface area contributed by atoms with Crippen LogP contribution in [0.4, 0.5) is 0 Å². The number of ether oxygens (including phenoxy) is 2. The third-order valence-corrected chi connectivity index (χ3v) is 2.70. The predicted octanol–water partition coefficient (Wildman–Crippen LogP) is -0.153. The average Bonchev–Trinajstić information content (AvgIpc) is 2.30. The van der Waals surface area contributed by atoms with Gasteiger partial charge in [-0.15, -0.1) is 0 Å². The maximum atomic E-state index is 11.6. The molecule has 0 radical (unpaired) electrons. The summed E-state index contributed by atoms with van der Waals surface area (Å²) in [6, 6.07) is 0. The monoisotopic (exact) mass is 230 g/mol. The first-order valence-electron chi connectivity index (χ1n) is 5.83. The summed E-state index contributed by atoms with van der Waals surface area (Å²) >= 11 is 0. The molecule has 1 unspecified atom stereocenters.